The van der Waals surface area contributed by atoms with Crippen LogP contribution in [0.4, 0.5) is 4.79 Å². The van der Waals surface area contributed by atoms with Crippen molar-refractivity contribution in [2.75, 3.05) is 6.61 Å². The largest absolute Gasteiger partial charge is 0.394 e. The SMILES string of the molecule is CCC(CO)NC(=O)NC(C)CCCC(C)C. The number of carbonyl (C=O) groups excluding carboxylic acids is 1. The van der Waals surface area contributed by atoms with Gasteiger partial charge in [-0.2, -0.15) is 0 Å². The fourth-order valence-corrected chi connectivity index (χ4v) is 1.63. The van der Waals surface area contributed by atoms with Gasteiger partial charge in [0.15, 0.2) is 0 Å². The third kappa shape index (κ3) is 8.98. The molecule has 3 N–H and O–H groups in total. The van der Waals surface area contributed by atoms with E-state index >= 15 is 0 Å². The lowest BCUT2D eigenvalue weighted by atomic mass is 10.0. The zero-order valence-corrected chi connectivity index (χ0v) is 11.6. The summed E-state index contributed by atoms with van der Waals surface area (Å²) in [5.74, 6) is 0.717. The Balaban J connectivity index is 3.72. The van der Waals surface area contributed by atoms with E-state index in [-0.39, 0.29) is 24.7 Å². The number of aliphatic hydroxyl groups excluding tert-OH is 1. The van der Waals surface area contributed by atoms with Gasteiger partial charge < -0.3 is 15.7 Å². The van der Waals surface area contributed by atoms with Crippen LogP contribution in [0, 0.1) is 5.92 Å². The minimum absolute atomic E-state index is 0.00828. The summed E-state index contributed by atoms with van der Waals surface area (Å²) in [6.07, 6.45) is 4.07. The van der Waals surface area contributed by atoms with Gasteiger partial charge >= 0.3 is 6.03 Å². The van der Waals surface area contributed by atoms with E-state index in [1.165, 1.54) is 6.42 Å². The number of carbonyl (C=O) groups is 1. The van der Waals surface area contributed by atoms with Crippen molar-refractivity contribution >= 4 is 6.03 Å². The second kappa shape index (κ2) is 9.28. The maximum atomic E-state index is 11.5. The number of aliphatic hydroxyl groups is 1. The summed E-state index contributed by atoms with van der Waals surface area (Å²) in [4.78, 5) is 11.5. The molecular weight excluding hydrogens is 216 g/mol. The van der Waals surface area contributed by atoms with Gasteiger partial charge in [0.25, 0.3) is 0 Å². The Morgan fingerprint density at radius 1 is 1.18 bits per heavy atom. The number of amides is 2. The highest BCUT2D eigenvalue weighted by atomic mass is 16.3. The van der Waals surface area contributed by atoms with E-state index in [0.29, 0.717) is 0 Å². The molecule has 0 fully saturated rings. The minimum atomic E-state index is -0.178. The molecule has 2 atom stereocenters. The summed E-state index contributed by atoms with van der Waals surface area (Å²) >= 11 is 0. The Kier molecular flexibility index (Phi) is 8.86. The molecule has 2 unspecified atom stereocenters. The van der Waals surface area contributed by atoms with Gasteiger partial charge in [-0.15, -0.1) is 0 Å². The molecule has 0 aromatic carbocycles. The van der Waals surface area contributed by atoms with Crippen LogP contribution >= 0.6 is 0 Å². The fourth-order valence-electron chi connectivity index (χ4n) is 1.63. The van der Waals surface area contributed by atoms with Gasteiger partial charge in [-0.05, 0) is 25.7 Å². The quantitative estimate of drug-likeness (QED) is 0.613. The molecule has 4 heteroatoms. The smallest absolute Gasteiger partial charge is 0.315 e. The number of urea groups is 1. The first-order valence-electron chi connectivity index (χ1n) is 6.67. The first-order valence-corrected chi connectivity index (χ1v) is 6.67. The third-order valence-electron chi connectivity index (χ3n) is 2.84. The summed E-state index contributed by atoms with van der Waals surface area (Å²) < 4.78 is 0. The number of hydrogen-bond acceptors (Lipinski definition) is 2. The highest BCUT2D eigenvalue weighted by Crippen LogP contribution is 2.08. The molecule has 0 aliphatic rings. The Morgan fingerprint density at radius 3 is 2.29 bits per heavy atom. The van der Waals surface area contributed by atoms with Crippen molar-refractivity contribution in [1.82, 2.24) is 10.6 Å². The van der Waals surface area contributed by atoms with Gasteiger partial charge in [0, 0.05) is 6.04 Å². The van der Waals surface area contributed by atoms with Gasteiger partial charge in [0.2, 0.25) is 0 Å². The Hall–Kier alpha value is -0.770. The second-order valence-electron chi connectivity index (χ2n) is 5.13. The zero-order chi connectivity index (χ0) is 13.3. The summed E-state index contributed by atoms with van der Waals surface area (Å²) in [7, 11) is 0. The molecule has 17 heavy (non-hydrogen) atoms. The molecule has 0 saturated carbocycles. The molecule has 0 spiro atoms. The lowest BCUT2D eigenvalue weighted by Gasteiger charge is -2.18. The van der Waals surface area contributed by atoms with Crippen molar-refractivity contribution in [2.24, 2.45) is 5.92 Å². The summed E-state index contributed by atoms with van der Waals surface area (Å²) in [5.41, 5.74) is 0. The van der Waals surface area contributed by atoms with Crippen LogP contribution in [0.3, 0.4) is 0 Å². The van der Waals surface area contributed by atoms with Crippen molar-refractivity contribution in [3.63, 3.8) is 0 Å². The van der Waals surface area contributed by atoms with Crippen LogP contribution in [0.25, 0.3) is 0 Å². The topological polar surface area (TPSA) is 61.4 Å². The molecule has 0 bridgehead atoms. The van der Waals surface area contributed by atoms with Gasteiger partial charge in [0.05, 0.1) is 12.6 Å². The highest BCUT2D eigenvalue weighted by molar-refractivity contribution is 5.74. The van der Waals surface area contributed by atoms with Gasteiger partial charge in [-0.1, -0.05) is 33.6 Å². The first kappa shape index (κ1) is 16.2. The summed E-state index contributed by atoms with van der Waals surface area (Å²) in [6.45, 7) is 8.36. The van der Waals surface area contributed by atoms with E-state index in [0.717, 1.165) is 25.2 Å². The van der Waals surface area contributed by atoms with E-state index in [9.17, 15) is 4.79 Å². The van der Waals surface area contributed by atoms with Crippen molar-refractivity contribution in [3.05, 3.63) is 0 Å². The predicted octanol–water partition coefficient (Wildman–Crippen LogP) is 2.27. The number of rotatable bonds is 8. The third-order valence-corrected chi connectivity index (χ3v) is 2.84. The van der Waals surface area contributed by atoms with Gasteiger partial charge in [-0.3, -0.25) is 0 Å². The maximum Gasteiger partial charge on any atom is 0.315 e. The van der Waals surface area contributed by atoms with E-state index in [2.05, 4.69) is 24.5 Å². The van der Waals surface area contributed by atoms with Crippen LogP contribution in [0.5, 0.6) is 0 Å². The lowest BCUT2D eigenvalue weighted by Crippen LogP contribution is -2.46. The molecule has 0 aliphatic carbocycles. The molecule has 0 aromatic rings. The van der Waals surface area contributed by atoms with Crippen LogP contribution < -0.4 is 10.6 Å². The van der Waals surface area contributed by atoms with Gasteiger partial charge in [-0.25, -0.2) is 4.79 Å². The average Bonchev–Trinajstić information content (AvgIpc) is 2.25. The molecule has 0 aromatic heterocycles. The molecule has 0 saturated heterocycles. The normalized spacial score (nSPS) is 14.5. The highest BCUT2D eigenvalue weighted by Gasteiger charge is 2.11. The standard InChI is InChI=1S/C13H28N2O2/c1-5-12(9-16)15-13(17)14-11(4)8-6-7-10(2)3/h10-12,16H,5-9H2,1-4H3,(H2,14,15,17). The second-order valence-corrected chi connectivity index (χ2v) is 5.13. The Bertz CT molecular complexity index is 204. The van der Waals surface area contributed by atoms with Gasteiger partial charge in [0.1, 0.15) is 0 Å². The van der Waals surface area contributed by atoms with Crippen LogP contribution in [0.15, 0.2) is 0 Å². The van der Waals surface area contributed by atoms with E-state index in [1.807, 2.05) is 13.8 Å². The van der Waals surface area contributed by atoms with E-state index in [4.69, 9.17) is 5.11 Å². The molecule has 0 heterocycles. The first-order chi connectivity index (χ1) is 7.99. The minimum Gasteiger partial charge on any atom is -0.394 e. The van der Waals surface area contributed by atoms with Crippen molar-refractivity contribution in [2.45, 2.75) is 65.5 Å². The zero-order valence-electron chi connectivity index (χ0n) is 11.6. The Labute approximate surface area is 105 Å². The van der Waals surface area contributed by atoms with Crippen molar-refractivity contribution < 1.29 is 9.90 Å². The average molecular weight is 244 g/mol. The Morgan fingerprint density at radius 2 is 1.82 bits per heavy atom. The molecule has 0 rings (SSSR count). The summed E-state index contributed by atoms with van der Waals surface area (Å²) in [5, 5.41) is 14.6. The van der Waals surface area contributed by atoms with Crippen LogP contribution in [-0.4, -0.2) is 29.8 Å². The van der Waals surface area contributed by atoms with E-state index < -0.39 is 0 Å². The lowest BCUT2D eigenvalue weighted by molar-refractivity contribution is 0.212. The maximum absolute atomic E-state index is 11.5. The monoisotopic (exact) mass is 244 g/mol. The van der Waals surface area contributed by atoms with E-state index in [1.54, 1.807) is 0 Å². The molecule has 0 radical (unpaired) electrons. The molecule has 4 nitrogen and oxygen atoms in total. The molecule has 2 amide bonds. The number of hydrogen-bond donors (Lipinski definition) is 3. The van der Waals surface area contributed by atoms with Crippen LogP contribution in [0.2, 0.25) is 0 Å². The summed E-state index contributed by atoms with van der Waals surface area (Å²) in [6, 6.07) is -0.134. The molecule has 102 valence electrons. The predicted molar refractivity (Wildman–Crippen MR) is 71.0 cm³/mol. The van der Waals surface area contributed by atoms with Crippen molar-refractivity contribution in [3.8, 4) is 0 Å². The fraction of sp³-hybridized carbons (Fsp3) is 0.923. The van der Waals surface area contributed by atoms with Crippen LogP contribution in [0.1, 0.15) is 53.4 Å². The number of nitrogens with one attached hydrogen (secondary N) is 2. The van der Waals surface area contributed by atoms with Crippen molar-refractivity contribution in [1.29, 1.82) is 0 Å². The molecule has 0 aliphatic heterocycles. The molecular formula is C13H28N2O2. The van der Waals surface area contributed by atoms with Crippen LogP contribution in [-0.2, 0) is 0 Å².